The molecular formula is C61H37N3O. The van der Waals surface area contributed by atoms with Crippen LogP contribution in [0.5, 0.6) is 0 Å². The maximum absolute atomic E-state index is 6.38. The van der Waals surface area contributed by atoms with Crippen LogP contribution in [0, 0.1) is 0 Å². The Bertz CT molecular complexity index is 4030. The summed E-state index contributed by atoms with van der Waals surface area (Å²) in [5.41, 5.74) is 16.1. The molecule has 0 saturated heterocycles. The number of aromatic nitrogens is 3. The van der Waals surface area contributed by atoms with Crippen molar-refractivity contribution in [3.63, 3.8) is 0 Å². The molecule has 0 N–H and O–H groups in total. The lowest BCUT2D eigenvalue weighted by atomic mass is 9.67. The van der Waals surface area contributed by atoms with Crippen molar-refractivity contribution < 1.29 is 4.42 Å². The van der Waals surface area contributed by atoms with Crippen LogP contribution in [-0.2, 0) is 5.41 Å². The first kappa shape index (κ1) is 35.9. The third kappa shape index (κ3) is 5.13. The molecule has 1 aliphatic rings. The molecule has 0 bridgehead atoms. The Balaban J connectivity index is 1.02. The van der Waals surface area contributed by atoms with Crippen molar-refractivity contribution in [2.75, 3.05) is 0 Å². The van der Waals surface area contributed by atoms with E-state index in [1.807, 2.05) is 18.2 Å². The molecular weight excluding hydrogens is 791 g/mol. The third-order valence-corrected chi connectivity index (χ3v) is 13.9. The zero-order valence-corrected chi connectivity index (χ0v) is 35.1. The van der Waals surface area contributed by atoms with Gasteiger partial charge < -0.3 is 4.42 Å². The third-order valence-electron chi connectivity index (χ3n) is 13.9. The monoisotopic (exact) mass is 827 g/mol. The molecule has 0 atom stereocenters. The average molecular weight is 828 g/mol. The highest BCUT2D eigenvalue weighted by Crippen LogP contribution is 2.57. The Labute approximate surface area is 374 Å². The Hall–Kier alpha value is -8.60. The summed E-state index contributed by atoms with van der Waals surface area (Å²) in [7, 11) is 0. The van der Waals surface area contributed by atoms with Crippen LogP contribution in [0.25, 0.3) is 105 Å². The van der Waals surface area contributed by atoms with Gasteiger partial charge >= 0.3 is 0 Å². The molecule has 10 aromatic carbocycles. The first-order valence-electron chi connectivity index (χ1n) is 22.2. The number of nitrogens with zero attached hydrogens (tertiary/aromatic N) is 3. The topological polar surface area (TPSA) is 43.9 Å². The second-order valence-electron chi connectivity index (χ2n) is 17.2. The molecule has 13 aromatic rings. The van der Waals surface area contributed by atoms with E-state index < -0.39 is 5.41 Å². The second-order valence-corrected chi connectivity index (χ2v) is 17.2. The molecule has 0 saturated carbocycles. The van der Waals surface area contributed by atoms with Gasteiger partial charge in [0.05, 0.1) is 27.7 Å². The molecule has 4 nitrogen and oxygen atoms in total. The SMILES string of the molecule is c1ccc(C2(c3ccccc3)c3ccccc3-c3ccc(-c4ccc5c(c4)c4cc6ccccc6cc4n5-c4nc(-c5cccc6oc7ccccc7c56)c5ccccc5n4)cc32)cc1. The summed E-state index contributed by atoms with van der Waals surface area (Å²) in [6.45, 7) is 0. The predicted molar refractivity (Wildman–Crippen MR) is 267 cm³/mol. The molecule has 0 spiro atoms. The van der Waals surface area contributed by atoms with Crippen LogP contribution in [0.2, 0.25) is 0 Å². The van der Waals surface area contributed by atoms with Crippen molar-refractivity contribution in [1.82, 2.24) is 14.5 Å². The predicted octanol–water partition coefficient (Wildman–Crippen LogP) is 15.5. The maximum Gasteiger partial charge on any atom is 0.235 e. The lowest BCUT2D eigenvalue weighted by molar-refractivity contribution is 0.669. The van der Waals surface area contributed by atoms with E-state index in [2.05, 4.69) is 211 Å². The highest BCUT2D eigenvalue weighted by molar-refractivity contribution is 6.16. The number of hydrogen-bond acceptors (Lipinski definition) is 3. The van der Waals surface area contributed by atoms with E-state index in [9.17, 15) is 0 Å². The van der Waals surface area contributed by atoms with Gasteiger partial charge in [-0.25, -0.2) is 9.97 Å². The minimum atomic E-state index is -0.484. The summed E-state index contributed by atoms with van der Waals surface area (Å²) in [5.74, 6) is 0.623. The van der Waals surface area contributed by atoms with Crippen LogP contribution in [0.15, 0.2) is 229 Å². The second kappa shape index (κ2) is 13.7. The quantitative estimate of drug-likeness (QED) is 0.174. The molecule has 3 aromatic heterocycles. The molecule has 1 aliphatic carbocycles. The smallest absolute Gasteiger partial charge is 0.235 e. The molecule has 0 amide bonds. The number of fused-ring (bicyclic) bond motifs is 11. The van der Waals surface area contributed by atoms with E-state index in [-0.39, 0.29) is 0 Å². The van der Waals surface area contributed by atoms with E-state index in [1.165, 1.54) is 44.3 Å². The van der Waals surface area contributed by atoms with Gasteiger partial charge in [0.15, 0.2) is 0 Å². The summed E-state index contributed by atoms with van der Waals surface area (Å²) in [6.07, 6.45) is 0. The van der Waals surface area contributed by atoms with Gasteiger partial charge in [-0.2, -0.15) is 0 Å². The molecule has 14 rings (SSSR count). The number of furan rings is 1. The van der Waals surface area contributed by atoms with Crippen molar-refractivity contribution in [1.29, 1.82) is 0 Å². The van der Waals surface area contributed by atoms with Crippen LogP contribution in [0.3, 0.4) is 0 Å². The number of rotatable bonds is 5. The largest absolute Gasteiger partial charge is 0.456 e. The Kier molecular flexibility index (Phi) is 7.57. The van der Waals surface area contributed by atoms with E-state index in [4.69, 9.17) is 14.4 Å². The van der Waals surface area contributed by atoms with Gasteiger partial charge in [-0.05, 0) is 104 Å². The minimum Gasteiger partial charge on any atom is -0.456 e. The normalized spacial score (nSPS) is 13.0. The van der Waals surface area contributed by atoms with Crippen molar-refractivity contribution in [2.24, 2.45) is 0 Å². The summed E-state index contributed by atoms with van der Waals surface area (Å²) in [6, 6.07) is 81.1. The highest BCUT2D eigenvalue weighted by atomic mass is 16.3. The Morgan fingerprint density at radius 2 is 1.00 bits per heavy atom. The fourth-order valence-electron chi connectivity index (χ4n) is 11.1. The molecule has 0 radical (unpaired) electrons. The molecule has 4 heteroatoms. The summed E-state index contributed by atoms with van der Waals surface area (Å²) >= 11 is 0. The Morgan fingerprint density at radius 3 is 1.83 bits per heavy atom. The molecule has 3 heterocycles. The fourth-order valence-corrected chi connectivity index (χ4v) is 11.1. The number of benzene rings is 10. The van der Waals surface area contributed by atoms with E-state index in [0.717, 1.165) is 76.9 Å². The maximum atomic E-state index is 6.38. The van der Waals surface area contributed by atoms with Gasteiger partial charge in [-0.1, -0.05) is 176 Å². The molecule has 0 unspecified atom stereocenters. The molecule has 65 heavy (non-hydrogen) atoms. The highest BCUT2D eigenvalue weighted by Gasteiger charge is 2.46. The van der Waals surface area contributed by atoms with E-state index in [0.29, 0.717) is 5.95 Å². The lowest BCUT2D eigenvalue weighted by Gasteiger charge is -2.34. The van der Waals surface area contributed by atoms with E-state index in [1.54, 1.807) is 0 Å². The van der Waals surface area contributed by atoms with E-state index >= 15 is 0 Å². The van der Waals surface area contributed by atoms with Crippen LogP contribution >= 0.6 is 0 Å². The summed E-state index contributed by atoms with van der Waals surface area (Å²) < 4.78 is 8.65. The fraction of sp³-hybridized carbons (Fsp3) is 0.0164. The minimum absolute atomic E-state index is 0.484. The van der Waals surface area contributed by atoms with Gasteiger partial charge in [-0.3, -0.25) is 4.57 Å². The van der Waals surface area contributed by atoms with Crippen LogP contribution < -0.4 is 0 Å². The molecule has 0 aliphatic heterocycles. The zero-order chi connectivity index (χ0) is 42.6. The summed E-state index contributed by atoms with van der Waals surface area (Å²) in [5, 5.41) is 7.76. The Morgan fingerprint density at radius 1 is 0.385 bits per heavy atom. The first-order valence-corrected chi connectivity index (χ1v) is 22.2. The van der Waals surface area contributed by atoms with Crippen LogP contribution in [0.1, 0.15) is 22.3 Å². The average Bonchev–Trinajstić information content (AvgIpc) is 4.01. The van der Waals surface area contributed by atoms with Crippen molar-refractivity contribution in [3.05, 3.63) is 247 Å². The van der Waals surface area contributed by atoms with Gasteiger partial charge in [0, 0.05) is 32.5 Å². The lowest BCUT2D eigenvalue weighted by Crippen LogP contribution is -2.28. The standard InChI is InChI=1S/C61H37N3O/c1-3-18-42(19-4-1)61(43-20-5-2-6-21-43)51-26-12-9-22-44(51)45-32-30-41(36-52(45)61)40-31-33-54-49(35-40)50-34-38-16-7-8-17-39(38)37-55(50)64(54)60-62-53-27-13-10-23-46(53)59(63-60)48-25-15-29-57-58(48)47-24-11-14-28-56(47)65-57/h1-37H. The number of hydrogen-bond donors (Lipinski definition) is 0. The van der Waals surface area contributed by atoms with Crippen molar-refractivity contribution >= 4 is 65.4 Å². The zero-order valence-electron chi connectivity index (χ0n) is 35.1. The van der Waals surface area contributed by atoms with Crippen LogP contribution in [0.4, 0.5) is 0 Å². The van der Waals surface area contributed by atoms with Crippen molar-refractivity contribution in [3.8, 4) is 39.5 Å². The van der Waals surface area contributed by atoms with Gasteiger partial charge in [0.2, 0.25) is 5.95 Å². The van der Waals surface area contributed by atoms with Crippen molar-refractivity contribution in [2.45, 2.75) is 5.41 Å². The number of para-hydroxylation sites is 2. The summed E-state index contributed by atoms with van der Waals surface area (Å²) in [4.78, 5) is 10.9. The van der Waals surface area contributed by atoms with Gasteiger partial charge in [0.25, 0.3) is 0 Å². The molecule has 302 valence electrons. The first-order chi connectivity index (χ1) is 32.2. The van der Waals surface area contributed by atoms with Gasteiger partial charge in [0.1, 0.15) is 11.2 Å². The molecule has 0 fully saturated rings. The van der Waals surface area contributed by atoms with Crippen LogP contribution in [-0.4, -0.2) is 14.5 Å². The van der Waals surface area contributed by atoms with Gasteiger partial charge in [-0.15, -0.1) is 0 Å².